The van der Waals surface area contributed by atoms with Crippen LogP contribution in [0.4, 0.5) is 0 Å². The number of para-hydroxylation sites is 5. The maximum absolute atomic E-state index is 5.06. The topological polar surface area (TPSA) is 22.8 Å². The fraction of sp³-hybridized carbons (Fsp3) is 0. The van der Waals surface area contributed by atoms with Gasteiger partial charge >= 0.3 is 0 Å². The number of aromatic nitrogens is 3. The smallest absolute Gasteiger partial charge is 0.145 e. The quantitative estimate of drug-likeness (QED) is 0.174. The summed E-state index contributed by atoms with van der Waals surface area (Å²) in [5.74, 6) is 0.937. The monoisotopic (exact) mass is 663 g/mol. The van der Waals surface area contributed by atoms with E-state index in [0.29, 0.717) is 0 Å². The van der Waals surface area contributed by atoms with Gasteiger partial charge in [-0.1, -0.05) is 133 Å². The highest BCUT2D eigenvalue weighted by Gasteiger charge is 2.15. The summed E-state index contributed by atoms with van der Waals surface area (Å²) in [6, 6.07) is 71.5. The van der Waals surface area contributed by atoms with Gasteiger partial charge in [0.1, 0.15) is 5.82 Å². The lowest BCUT2D eigenvalue weighted by Gasteiger charge is -2.11. The van der Waals surface area contributed by atoms with Crippen molar-refractivity contribution in [1.29, 1.82) is 0 Å². The van der Waals surface area contributed by atoms with Crippen LogP contribution in [0.5, 0.6) is 0 Å². The summed E-state index contributed by atoms with van der Waals surface area (Å²) >= 11 is 0. The third-order valence-electron chi connectivity index (χ3n) is 10.1. The molecule has 0 aliphatic carbocycles. The number of imidazole rings is 1. The lowest BCUT2D eigenvalue weighted by atomic mass is 9.95. The van der Waals surface area contributed by atoms with Gasteiger partial charge in [0.2, 0.25) is 0 Å². The minimum absolute atomic E-state index is 0.937. The van der Waals surface area contributed by atoms with Gasteiger partial charge in [0, 0.05) is 27.7 Å². The molecule has 0 saturated carbocycles. The minimum Gasteiger partial charge on any atom is -0.309 e. The second kappa shape index (κ2) is 12.4. The molecule has 8 aromatic carbocycles. The lowest BCUT2D eigenvalue weighted by molar-refractivity contribution is 1.10. The Morgan fingerprint density at radius 3 is 1.44 bits per heavy atom. The molecule has 0 aliphatic rings. The van der Waals surface area contributed by atoms with E-state index in [1.807, 2.05) is 12.1 Å². The van der Waals surface area contributed by atoms with Gasteiger partial charge < -0.3 is 4.57 Å². The summed E-state index contributed by atoms with van der Waals surface area (Å²) in [6.07, 6.45) is 0. The van der Waals surface area contributed by atoms with Gasteiger partial charge in [0.25, 0.3) is 0 Å². The second-order valence-corrected chi connectivity index (χ2v) is 13.3. The molecular formula is C49H33N3. The third-order valence-corrected chi connectivity index (χ3v) is 10.1. The SMILES string of the molecule is c1ccc(-n2c(-c3ccc(-c4cccc(-c5cccc(-c6ccc7c(c6)c6ccccc6n7-c6ccccc6)c5)c4)cc3)nc3ccccc32)cc1. The summed E-state index contributed by atoms with van der Waals surface area (Å²) in [4.78, 5) is 5.06. The number of hydrogen-bond acceptors (Lipinski definition) is 1. The molecule has 10 aromatic rings. The molecule has 2 aromatic heterocycles. The Bertz CT molecular complexity index is 2880. The van der Waals surface area contributed by atoms with E-state index in [0.717, 1.165) is 28.1 Å². The van der Waals surface area contributed by atoms with E-state index in [4.69, 9.17) is 4.98 Å². The highest BCUT2D eigenvalue weighted by atomic mass is 15.1. The molecule has 0 aliphatic heterocycles. The van der Waals surface area contributed by atoms with Crippen LogP contribution < -0.4 is 0 Å². The third kappa shape index (κ3) is 5.10. The standard InChI is InChI=1S/C49H33N3/c1-3-17-41(18-4-1)51-46-23-9-7-21-43(46)44-33-40(29-30-47(44)51)39-16-12-15-38(32-39)37-14-11-13-36(31-37)34-25-27-35(28-26-34)49-50-45-22-8-10-24-48(45)52(49)42-19-5-2-6-20-42/h1-33H. The van der Waals surface area contributed by atoms with Crippen LogP contribution in [0.15, 0.2) is 200 Å². The van der Waals surface area contributed by atoms with Crippen molar-refractivity contribution in [2.75, 3.05) is 0 Å². The van der Waals surface area contributed by atoms with Gasteiger partial charge in [-0.15, -0.1) is 0 Å². The molecule has 0 spiro atoms. The normalized spacial score (nSPS) is 11.5. The number of benzene rings is 8. The van der Waals surface area contributed by atoms with Crippen LogP contribution in [0.25, 0.3) is 89.0 Å². The van der Waals surface area contributed by atoms with Crippen LogP contribution in [0, 0.1) is 0 Å². The Morgan fingerprint density at radius 1 is 0.288 bits per heavy atom. The van der Waals surface area contributed by atoms with E-state index in [2.05, 4.69) is 197 Å². The number of fused-ring (bicyclic) bond motifs is 4. The van der Waals surface area contributed by atoms with Crippen molar-refractivity contribution in [2.45, 2.75) is 0 Å². The maximum Gasteiger partial charge on any atom is 0.145 e. The van der Waals surface area contributed by atoms with Crippen molar-refractivity contribution < 1.29 is 0 Å². The van der Waals surface area contributed by atoms with Crippen LogP contribution in [-0.4, -0.2) is 14.1 Å². The molecule has 52 heavy (non-hydrogen) atoms. The fourth-order valence-corrected chi connectivity index (χ4v) is 7.63. The van der Waals surface area contributed by atoms with Gasteiger partial charge in [-0.2, -0.15) is 0 Å². The molecule has 0 fully saturated rings. The largest absolute Gasteiger partial charge is 0.309 e. The van der Waals surface area contributed by atoms with Gasteiger partial charge in [-0.05, 0) is 100 Å². The summed E-state index contributed by atoms with van der Waals surface area (Å²) in [5, 5.41) is 2.52. The second-order valence-electron chi connectivity index (χ2n) is 13.3. The van der Waals surface area contributed by atoms with Gasteiger partial charge in [0.15, 0.2) is 0 Å². The maximum atomic E-state index is 5.06. The van der Waals surface area contributed by atoms with Crippen LogP contribution in [-0.2, 0) is 0 Å². The first kappa shape index (κ1) is 29.9. The highest BCUT2D eigenvalue weighted by molar-refractivity contribution is 6.10. The summed E-state index contributed by atoms with van der Waals surface area (Å²) in [5.41, 5.74) is 15.0. The number of hydrogen-bond donors (Lipinski definition) is 0. The predicted molar refractivity (Wildman–Crippen MR) is 217 cm³/mol. The van der Waals surface area contributed by atoms with Crippen molar-refractivity contribution in [3.63, 3.8) is 0 Å². The van der Waals surface area contributed by atoms with Crippen molar-refractivity contribution in [3.05, 3.63) is 200 Å². The Labute approximate surface area is 302 Å². The highest BCUT2D eigenvalue weighted by Crippen LogP contribution is 2.37. The van der Waals surface area contributed by atoms with Crippen molar-refractivity contribution in [2.24, 2.45) is 0 Å². The summed E-state index contributed by atoms with van der Waals surface area (Å²) in [7, 11) is 0. The first-order valence-corrected chi connectivity index (χ1v) is 17.7. The van der Waals surface area contributed by atoms with E-state index in [1.165, 1.54) is 60.9 Å². The minimum atomic E-state index is 0.937. The van der Waals surface area contributed by atoms with E-state index in [1.54, 1.807) is 0 Å². The molecule has 2 heterocycles. The molecule has 10 rings (SSSR count). The Balaban J connectivity index is 0.989. The molecule has 0 unspecified atom stereocenters. The summed E-state index contributed by atoms with van der Waals surface area (Å²) < 4.78 is 4.61. The van der Waals surface area contributed by atoms with Crippen LogP contribution in [0.3, 0.4) is 0 Å². The molecule has 0 N–H and O–H groups in total. The average molecular weight is 664 g/mol. The predicted octanol–water partition coefficient (Wildman–Crippen LogP) is 12.8. The molecule has 0 atom stereocenters. The van der Waals surface area contributed by atoms with Crippen LogP contribution >= 0.6 is 0 Å². The Hall–Kier alpha value is -6.97. The molecule has 0 amide bonds. The molecule has 0 saturated heterocycles. The molecule has 3 heteroatoms. The van der Waals surface area contributed by atoms with Crippen molar-refractivity contribution in [3.8, 4) is 56.1 Å². The fourth-order valence-electron chi connectivity index (χ4n) is 7.63. The zero-order valence-corrected chi connectivity index (χ0v) is 28.4. The molecule has 0 radical (unpaired) electrons. The van der Waals surface area contributed by atoms with E-state index in [-0.39, 0.29) is 0 Å². The number of rotatable bonds is 6. The Kier molecular flexibility index (Phi) is 7.14. The van der Waals surface area contributed by atoms with Crippen LogP contribution in [0.1, 0.15) is 0 Å². The first-order chi connectivity index (χ1) is 25.8. The van der Waals surface area contributed by atoms with E-state index in [9.17, 15) is 0 Å². The average Bonchev–Trinajstić information content (AvgIpc) is 3.78. The van der Waals surface area contributed by atoms with Crippen LogP contribution in [0.2, 0.25) is 0 Å². The van der Waals surface area contributed by atoms with Crippen molar-refractivity contribution in [1.82, 2.24) is 14.1 Å². The van der Waals surface area contributed by atoms with E-state index >= 15 is 0 Å². The van der Waals surface area contributed by atoms with Gasteiger partial charge in [-0.25, -0.2) is 4.98 Å². The molecule has 3 nitrogen and oxygen atoms in total. The molecule has 0 bridgehead atoms. The van der Waals surface area contributed by atoms with E-state index < -0.39 is 0 Å². The Morgan fingerprint density at radius 2 is 0.769 bits per heavy atom. The zero-order chi connectivity index (χ0) is 34.4. The molecule has 244 valence electrons. The lowest BCUT2D eigenvalue weighted by Crippen LogP contribution is -1.97. The summed E-state index contributed by atoms with van der Waals surface area (Å²) in [6.45, 7) is 0. The van der Waals surface area contributed by atoms with Gasteiger partial charge in [-0.3, -0.25) is 4.57 Å². The number of nitrogens with zero attached hydrogens (tertiary/aromatic N) is 3. The molecular weight excluding hydrogens is 631 g/mol. The zero-order valence-electron chi connectivity index (χ0n) is 28.4. The first-order valence-electron chi connectivity index (χ1n) is 17.7. The van der Waals surface area contributed by atoms with Gasteiger partial charge in [0.05, 0.1) is 22.1 Å². The van der Waals surface area contributed by atoms with Crippen molar-refractivity contribution >= 4 is 32.8 Å².